The first-order valence-electron chi connectivity index (χ1n) is 6.28. The van der Waals surface area contributed by atoms with Crippen LogP contribution >= 0.6 is 0 Å². The van der Waals surface area contributed by atoms with Crippen molar-refractivity contribution in [1.82, 2.24) is 14.9 Å². The maximum atomic E-state index is 12.1. The van der Waals surface area contributed by atoms with Crippen LogP contribution in [0.15, 0.2) is 36.9 Å². The average Bonchev–Trinajstić information content (AvgIpc) is 2.91. The third-order valence-corrected chi connectivity index (χ3v) is 2.91. The van der Waals surface area contributed by atoms with Gasteiger partial charge in [0.15, 0.2) is 0 Å². The Morgan fingerprint density at radius 2 is 2.33 bits per heavy atom. The molecule has 3 N–H and O–H groups in total. The quantitative estimate of drug-likeness (QED) is 0.487. The van der Waals surface area contributed by atoms with Crippen LogP contribution in [-0.4, -0.2) is 26.4 Å². The van der Waals surface area contributed by atoms with Crippen molar-refractivity contribution in [3.05, 3.63) is 52.6 Å². The SMILES string of the molecule is CC(Cn1ccnc1)NC(=O)c1cc([N+](=O)[O-])ccc1N. The van der Waals surface area contributed by atoms with Gasteiger partial charge in [0, 0.05) is 42.8 Å². The lowest BCUT2D eigenvalue weighted by Gasteiger charge is -2.15. The van der Waals surface area contributed by atoms with Crippen molar-refractivity contribution in [1.29, 1.82) is 0 Å². The van der Waals surface area contributed by atoms with Crippen LogP contribution in [0.1, 0.15) is 17.3 Å². The Labute approximate surface area is 120 Å². The molecule has 1 atom stereocenters. The number of hydrogen-bond donors (Lipinski definition) is 2. The number of non-ortho nitro benzene ring substituents is 1. The molecule has 0 aliphatic carbocycles. The van der Waals surface area contributed by atoms with Gasteiger partial charge in [-0.1, -0.05) is 0 Å². The van der Waals surface area contributed by atoms with Gasteiger partial charge in [0.1, 0.15) is 0 Å². The lowest BCUT2D eigenvalue weighted by molar-refractivity contribution is -0.384. The zero-order valence-corrected chi connectivity index (χ0v) is 11.4. The predicted octanol–water partition coefficient (Wildman–Crippen LogP) is 1.19. The second kappa shape index (κ2) is 6.04. The van der Waals surface area contributed by atoms with E-state index in [2.05, 4.69) is 10.3 Å². The molecule has 0 bridgehead atoms. The van der Waals surface area contributed by atoms with Gasteiger partial charge < -0.3 is 15.6 Å². The Bertz CT molecular complexity index is 654. The van der Waals surface area contributed by atoms with Crippen molar-refractivity contribution >= 4 is 17.3 Å². The number of nitro groups is 1. The Balaban J connectivity index is 2.09. The fourth-order valence-electron chi connectivity index (χ4n) is 1.91. The summed E-state index contributed by atoms with van der Waals surface area (Å²) in [5, 5.41) is 13.5. The van der Waals surface area contributed by atoms with Crippen LogP contribution < -0.4 is 11.1 Å². The molecule has 0 saturated heterocycles. The van der Waals surface area contributed by atoms with Gasteiger partial charge in [-0.3, -0.25) is 14.9 Å². The minimum Gasteiger partial charge on any atom is -0.398 e. The predicted molar refractivity (Wildman–Crippen MR) is 76.7 cm³/mol. The van der Waals surface area contributed by atoms with Gasteiger partial charge in [-0.15, -0.1) is 0 Å². The molecule has 0 radical (unpaired) electrons. The number of rotatable bonds is 5. The van der Waals surface area contributed by atoms with Crippen LogP contribution in [0.4, 0.5) is 11.4 Å². The molecule has 1 heterocycles. The molecule has 0 aliphatic rings. The highest BCUT2D eigenvalue weighted by atomic mass is 16.6. The summed E-state index contributed by atoms with van der Waals surface area (Å²) in [6.45, 7) is 2.37. The minimum absolute atomic E-state index is 0.0988. The van der Waals surface area contributed by atoms with Crippen LogP contribution in [0.5, 0.6) is 0 Å². The Kier molecular flexibility index (Phi) is 4.17. The van der Waals surface area contributed by atoms with Gasteiger partial charge in [-0.2, -0.15) is 0 Å². The van der Waals surface area contributed by atoms with E-state index >= 15 is 0 Å². The van der Waals surface area contributed by atoms with E-state index in [4.69, 9.17) is 5.73 Å². The van der Waals surface area contributed by atoms with Crippen molar-refractivity contribution in [3.8, 4) is 0 Å². The van der Waals surface area contributed by atoms with E-state index in [0.717, 1.165) is 0 Å². The zero-order valence-electron chi connectivity index (χ0n) is 11.4. The van der Waals surface area contributed by atoms with Crippen LogP contribution in [0, 0.1) is 10.1 Å². The molecule has 21 heavy (non-hydrogen) atoms. The minimum atomic E-state index is -0.564. The number of amides is 1. The fraction of sp³-hybridized carbons (Fsp3) is 0.231. The number of nitro benzene ring substituents is 1. The normalized spacial score (nSPS) is 11.9. The summed E-state index contributed by atoms with van der Waals surface area (Å²) in [6, 6.07) is 3.62. The number of anilines is 1. The van der Waals surface area contributed by atoms with E-state index < -0.39 is 10.8 Å². The third-order valence-electron chi connectivity index (χ3n) is 2.91. The maximum absolute atomic E-state index is 12.1. The highest BCUT2D eigenvalue weighted by Gasteiger charge is 2.17. The molecule has 8 heteroatoms. The van der Waals surface area contributed by atoms with Crippen molar-refractivity contribution < 1.29 is 9.72 Å². The monoisotopic (exact) mass is 289 g/mol. The van der Waals surface area contributed by atoms with Crippen LogP contribution in [0.25, 0.3) is 0 Å². The number of nitrogens with two attached hydrogens (primary N) is 1. The van der Waals surface area contributed by atoms with E-state index in [0.29, 0.717) is 6.54 Å². The van der Waals surface area contributed by atoms with Gasteiger partial charge in [0.25, 0.3) is 11.6 Å². The van der Waals surface area contributed by atoms with Crippen molar-refractivity contribution in [3.63, 3.8) is 0 Å². The first-order chi connectivity index (χ1) is 9.97. The first kappa shape index (κ1) is 14.5. The highest BCUT2D eigenvalue weighted by molar-refractivity contribution is 5.99. The van der Waals surface area contributed by atoms with E-state index in [1.807, 2.05) is 11.5 Å². The smallest absolute Gasteiger partial charge is 0.270 e. The van der Waals surface area contributed by atoms with Crippen molar-refractivity contribution in [2.45, 2.75) is 19.5 Å². The lowest BCUT2D eigenvalue weighted by Crippen LogP contribution is -2.35. The molecule has 1 unspecified atom stereocenters. The summed E-state index contributed by atoms with van der Waals surface area (Å²) in [4.78, 5) is 26.2. The number of aromatic nitrogens is 2. The molecule has 0 aliphatic heterocycles. The Morgan fingerprint density at radius 1 is 1.57 bits per heavy atom. The van der Waals surface area contributed by atoms with Gasteiger partial charge in [0.05, 0.1) is 16.8 Å². The molecule has 1 aromatic heterocycles. The summed E-state index contributed by atoms with van der Waals surface area (Å²) in [5.41, 5.74) is 5.83. The summed E-state index contributed by atoms with van der Waals surface area (Å²) in [6.07, 6.45) is 5.07. The molecule has 2 aromatic rings. The van der Waals surface area contributed by atoms with Crippen LogP contribution in [0.2, 0.25) is 0 Å². The molecule has 0 spiro atoms. The topological polar surface area (TPSA) is 116 Å². The number of nitrogens with zero attached hydrogens (tertiary/aromatic N) is 3. The Hall–Kier alpha value is -2.90. The van der Waals surface area contributed by atoms with E-state index in [9.17, 15) is 14.9 Å². The third kappa shape index (κ3) is 3.56. The summed E-state index contributed by atoms with van der Waals surface area (Å²) in [7, 11) is 0. The van der Waals surface area contributed by atoms with Crippen molar-refractivity contribution in [2.24, 2.45) is 0 Å². The molecule has 0 fully saturated rings. The van der Waals surface area contributed by atoms with Gasteiger partial charge in [-0.25, -0.2) is 4.98 Å². The summed E-state index contributed by atoms with van der Waals surface area (Å²) >= 11 is 0. The standard InChI is InChI=1S/C13H15N5O3/c1-9(7-17-5-4-15-8-17)16-13(19)11-6-10(18(20)21)2-3-12(11)14/h2-6,8-9H,7,14H2,1H3,(H,16,19). The van der Waals surface area contributed by atoms with Crippen LogP contribution in [-0.2, 0) is 6.54 Å². The lowest BCUT2D eigenvalue weighted by atomic mass is 10.1. The second-order valence-electron chi connectivity index (χ2n) is 4.66. The van der Waals surface area contributed by atoms with Gasteiger partial charge in [-0.05, 0) is 13.0 Å². The van der Waals surface area contributed by atoms with E-state index in [1.165, 1.54) is 18.2 Å². The molecule has 1 amide bonds. The first-order valence-corrected chi connectivity index (χ1v) is 6.28. The number of hydrogen-bond acceptors (Lipinski definition) is 5. The largest absolute Gasteiger partial charge is 0.398 e. The number of carbonyl (C=O) groups excluding carboxylic acids is 1. The average molecular weight is 289 g/mol. The second-order valence-corrected chi connectivity index (χ2v) is 4.66. The molecule has 110 valence electrons. The fourth-order valence-corrected chi connectivity index (χ4v) is 1.91. The van der Waals surface area contributed by atoms with Gasteiger partial charge >= 0.3 is 0 Å². The maximum Gasteiger partial charge on any atom is 0.270 e. The number of benzene rings is 1. The highest BCUT2D eigenvalue weighted by Crippen LogP contribution is 2.19. The van der Waals surface area contributed by atoms with E-state index in [-0.39, 0.29) is 23.0 Å². The number of nitrogen functional groups attached to an aromatic ring is 1. The summed E-state index contributed by atoms with van der Waals surface area (Å²) in [5.74, 6) is -0.441. The van der Waals surface area contributed by atoms with Gasteiger partial charge in [0.2, 0.25) is 0 Å². The zero-order chi connectivity index (χ0) is 15.4. The summed E-state index contributed by atoms with van der Waals surface area (Å²) < 4.78 is 1.82. The number of imidazole rings is 1. The number of carbonyl (C=O) groups is 1. The van der Waals surface area contributed by atoms with Crippen molar-refractivity contribution in [2.75, 3.05) is 5.73 Å². The molecule has 2 rings (SSSR count). The van der Waals surface area contributed by atoms with E-state index in [1.54, 1.807) is 18.7 Å². The molecule has 8 nitrogen and oxygen atoms in total. The Morgan fingerprint density at radius 3 is 2.95 bits per heavy atom. The van der Waals surface area contributed by atoms with Crippen LogP contribution in [0.3, 0.4) is 0 Å². The molecular formula is C13H15N5O3. The number of nitrogens with one attached hydrogen (secondary N) is 1. The molecular weight excluding hydrogens is 274 g/mol. The molecule has 0 saturated carbocycles. The molecule has 1 aromatic carbocycles.